The Morgan fingerprint density at radius 2 is 2.00 bits per heavy atom. The van der Waals surface area contributed by atoms with Crippen LogP contribution in [0.2, 0.25) is 0 Å². The van der Waals surface area contributed by atoms with Crippen molar-refractivity contribution in [2.45, 2.75) is 25.9 Å². The van der Waals surface area contributed by atoms with E-state index in [1.807, 2.05) is 61.5 Å². The Labute approximate surface area is 154 Å². The zero-order valence-corrected chi connectivity index (χ0v) is 15.3. The molecule has 2 N–H and O–H groups in total. The molecule has 2 amide bonds. The number of amides is 2. The van der Waals surface area contributed by atoms with Crippen molar-refractivity contribution in [3.63, 3.8) is 0 Å². The topological polar surface area (TPSA) is 59.6 Å². The number of aryl methyl sites for hydroxylation is 1. The normalized spacial score (nSPS) is 18.0. The maximum atomic E-state index is 12.3. The molecule has 1 aliphatic heterocycles. The van der Waals surface area contributed by atoms with Gasteiger partial charge in [0.25, 0.3) is 0 Å². The summed E-state index contributed by atoms with van der Waals surface area (Å²) in [6, 6.07) is 13.1. The van der Waals surface area contributed by atoms with Crippen LogP contribution in [0.4, 0.5) is 16.2 Å². The van der Waals surface area contributed by atoms with Crippen LogP contribution >= 0.6 is 0 Å². The van der Waals surface area contributed by atoms with E-state index in [2.05, 4.69) is 17.6 Å². The molecule has 2 aromatic carbocycles. The lowest BCUT2D eigenvalue weighted by Gasteiger charge is -2.31. The number of benzene rings is 2. The van der Waals surface area contributed by atoms with Crippen molar-refractivity contribution in [1.82, 2.24) is 0 Å². The average Bonchev–Trinajstić information content (AvgIpc) is 2.62. The number of hydrogen-bond acceptors (Lipinski definition) is 3. The molecule has 0 saturated heterocycles. The number of para-hydroxylation sites is 1. The van der Waals surface area contributed by atoms with Gasteiger partial charge in [0.2, 0.25) is 0 Å². The highest BCUT2D eigenvalue weighted by molar-refractivity contribution is 6.00. The Morgan fingerprint density at radius 3 is 2.77 bits per heavy atom. The van der Waals surface area contributed by atoms with Gasteiger partial charge >= 0.3 is 6.03 Å². The van der Waals surface area contributed by atoms with E-state index in [1.165, 1.54) is 0 Å². The van der Waals surface area contributed by atoms with Crippen LogP contribution in [0.1, 0.15) is 25.0 Å². The number of methoxy groups -OCH3 is 1. The van der Waals surface area contributed by atoms with Gasteiger partial charge in [-0.3, -0.25) is 0 Å². The molecule has 3 rings (SSSR count). The summed E-state index contributed by atoms with van der Waals surface area (Å²) in [6.07, 6.45) is 4.82. The van der Waals surface area contributed by atoms with Gasteiger partial charge in [0.05, 0.1) is 6.61 Å². The van der Waals surface area contributed by atoms with Crippen molar-refractivity contribution >= 4 is 23.5 Å². The third kappa shape index (κ3) is 4.06. The predicted molar refractivity (Wildman–Crippen MR) is 105 cm³/mol. The van der Waals surface area contributed by atoms with E-state index in [0.717, 1.165) is 29.0 Å². The third-order valence-electron chi connectivity index (χ3n) is 4.30. The van der Waals surface area contributed by atoms with E-state index < -0.39 is 5.60 Å². The van der Waals surface area contributed by atoms with Crippen molar-refractivity contribution in [3.05, 3.63) is 59.7 Å². The molecule has 26 heavy (non-hydrogen) atoms. The van der Waals surface area contributed by atoms with Crippen LogP contribution in [0, 0.1) is 0 Å². The molecule has 1 unspecified atom stereocenters. The van der Waals surface area contributed by atoms with Gasteiger partial charge in [0, 0.05) is 24.0 Å². The molecule has 2 aromatic rings. The number of ether oxygens (including phenoxy) is 2. The number of rotatable bonds is 5. The summed E-state index contributed by atoms with van der Waals surface area (Å²) in [5.41, 5.74) is 3.08. The molecule has 136 valence electrons. The lowest BCUT2D eigenvalue weighted by atomic mass is 10.0. The molecule has 0 spiro atoms. The van der Waals surface area contributed by atoms with Crippen LogP contribution in [0.5, 0.6) is 5.75 Å². The van der Waals surface area contributed by atoms with E-state index in [0.29, 0.717) is 12.3 Å². The predicted octanol–water partition coefficient (Wildman–Crippen LogP) is 4.70. The smallest absolute Gasteiger partial charge is 0.323 e. The minimum atomic E-state index is -0.474. The average molecular weight is 352 g/mol. The number of hydrogen-bond donors (Lipinski definition) is 2. The fraction of sp³-hybridized carbons (Fsp3) is 0.286. The number of fused-ring (bicyclic) bond motifs is 1. The van der Waals surface area contributed by atoms with Crippen LogP contribution in [0.15, 0.2) is 48.5 Å². The summed E-state index contributed by atoms with van der Waals surface area (Å²) < 4.78 is 11.2. The van der Waals surface area contributed by atoms with E-state index in [1.54, 1.807) is 7.11 Å². The molecule has 1 heterocycles. The van der Waals surface area contributed by atoms with Gasteiger partial charge in [-0.25, -0.2) is 4.79 Å². The minimum absolute atomic E-state index is 0.268. The summed E-state index contributed by atoms with van der Waals surface area (Å²) in [5, 5.41) is 5.78. The van der Waals surface area contributed by atoms with Gasteiger partial charge in [-0.1, -0.05) is 31.2 Å². The summed E-state index contributed by atoms with van der Waals surface area (Å²) in [7, 11) is 1.65. The molecule has 0 aromatic heterocycles. The minimum Gasteiger partial charge on any atom is -0.480 e. The van der Waals surface area contributed by atoms with Crippen LogP contribution in [-0.2, 0) is 11.2 Å². The molecule has 5 nitrogen and oxygen atoms in total. The Hall–Kier alpha value is -2.79. The Balaban J connectivity index is 1.70. The third-order valence-corrected chi connectivity index (χ3v) is 4.30. The second kappa shape index (κ2) is 7.62. The summed E-state index contributed by atoms with van der Waals surface area (Å²) in [5.74, 6) is 0.773. The fourth-order valence-electron chi connectivity index (χ4n) is 3.00. The van der Waals surface area contributed by atoms with Crippen molar-refractivity contribution in [1.29, 1.82) is 0 Å². The number of nitrogens with one attached hydrogen (secondary N) is 2. The lowest BCUT2D eigenvalue weighted by Crippen LogP contribution is -2.36. The zero-order chi connectivity index (χ0) is 18.6. The first-order valence-corrected chi connectivity index (χ1v) is 8.70. The number of urea groups is 1. The number of anilines is 2. The SMILES string of the molecule is CCc1ccccc1NC(=O)Nc1ccc2c(c1)C=CC(C)(COC)O2. The van der Waals surface area contributed by atoms with Crippen molar-refractivity contribution in [3.8, 4) is 5.75 Å². The summed E-state index contributed by atoms with van der Waals surface area (Å²) in [6.45, 7) is 4.51. The van der Waals surface area contributed by atoms with Crippen LogP contribution < -0.4 is 15.4 Å². The molecule has 0 bridgehead atoms. The molecule has 0 aliphatic carbocycles. The van der Waals surface area contributed by atoms with Crippen LogP contribution in [0.3, 0.4) is 0 Å². The first-order valence-electron chi connectivity index (χ1n) is 8.70. The highest BCUT2D eigenvalue weighted by Crippen LogP contribution is 2.33. The van der Waals surface area contributed by atoms with Crippen LogP contribution in [-0.4, -0.2) is 25.3 Å². The van der Waals surface area contributed by atoms with Gasteiger partial charge in [0.1, 0.15) is 11.4 Å². The molecular formula is C21H24N2O3. The summed E-state index contributed by atoms with van der Waals surface area (Å²) in [4.78, 5) is 12.3. The van der Waals surface area contributed by atoms with E-state index >= 15 is 0 Å². The van der Waals surface area contributed by atoms with Gasteiger partial charge in [-0.15, -0.1) is 0 Å². The molecular weight excluding hydrogens is 328 g/mol. The monoisotopic (exact) mass is 352 g/mol. The maximum absolute atomic E-state index is 12.3. The highest BCUT2D eigenvalue weighted by Gasteiger charge is 2.27. The quantitative estimate of drug-likeness (QED) is 0.820. The molecule has 0 radical (unpaired) electrons. The first kappa shape index (κ1) is 18.0. The Kier molecular flexibility index (Phi) is 5.28. The zero-order valence-electron chi connectivity index (χ0n) is 15.3. The van der Waals surface area contributed by atoms with Gasteiger partial charge in [0.15, 0.2) is 0 Å². The highest BCUT2D eigenvalue weighted by atomic mass is 16.5. The second-order valence-electron chi connectivity index (χ2n) is 6.52. The Morgan fingerprint density at radius 1 is 1.19 bits per heavy atom. The largest absolute Gasteiger partial charge is 0.480 e. The van der Waals surface area contributed by atoms with Gasteiger partial charge in [-0.2, -0.15) is 0 Å². The van der Waals surface area contributed by atoms with Crippen LogP contribution in [0.25, 0.3) is 6.08 Å². The molecule has 1 aliphatic rings. The van der Waals surface area contributed by atoms with Gasteiger partial charge in [-0.05, 0) is 49.2 Å². The lowest BCUT2D eigenvalue weighted by molar-refractivity contribution is 0.0378. The van der Waals surface area contributed by atoms with Crippen molar-refractivity contribution in [2.75, 3.05) is 24.4 Å². The maximum Gasteiger partial charge on any atom is 0.323 e. The first-order chi connectivity index (χ1) is 12.5. The standard InChI is InChI=1S/C21H24N2O3/c1-4-15-7-5-6-8-18(15)23-20(24)22-17-9-10-19-16(13-17)11-12-21(2,26-19)14-25-3/h5-13H,4,14H2,1-3H3,(H2,22,23,24). The van der Waals surface area contributed by atoms with E-state index in [-0.39, 0.29) is 6.03 Å². The second-order valence-corrected chi connectivity index (χ2v) is 6.52. The van der Waals surface area contributed by atoms with E-state index in [4.69, 9.17) is 9.47 Å². The molecule has 1 atom stereocenters. The van der Waals surface area contributed by atoms with E-state index in [9.17, 15) is 4.79 Å². The number of carbonyl (C=O) groups is 1. The van der Waals surface area contributed by atoms with Gasteiger partial charge < -0.3 is 20.1 Å². The van der Waals surface area contributed by atoms with Crippen molar-refractivity contribution in [2.24, 2.45) is 0 Å². The number of carbonyl (C=O) groups excluding carboxylic acids is 1. The molecule has 0 fully saturated rings. The van der Waals surface area contributed by atoms with Crippen molar-refractivity contribution < 1.29 is 14.3 Å². The fourth-order valence-corrected chi connectivity index (χ4v) is 3.00. The summed E-state index contributed by atoms with van der Waals surface area (Å²) >= 11 is 0. The molecule has 0 saturated carbocycles. The molecule has 5 heteroatoms. The Bertz CT molecular complexity index is 832.